The zero-order valence-electron chi connectivity index (χ0n) is 13.6. The Balaban J connectivity index is 0.00000264. The summed E-state index contributed by atoms with van der Waals surface area (Å²) < 4.78 is 4.88. The van der Waals surface area contributed by atoms with Gasteiger partial charge in [-0.2, -0.15) is 0 Å². The number of hydrogen-bond acceptors (Lipinski definition) is 4. The molecule has 0 spiro atoms. The van der Waals surface area contributed by atoms with Crippen LogP contribution in [0.2, 0.25) is 0 Å². The summed E-state index contributed by atoms with van der Waals surface area (Å²) >= 11 is 0. The maximum absolute atomic E-state index is 12.5. The molecule has 0 radical (unpaired) electrons. The average Bonchev–Trinajstić information content (AvgIpc) is 3.03. The molecular weight excluding hydrogens is 316 g/mol. The molecule has 5 nitrogen and oxygen atoms in total. The number of benzene rings is 1. The number of carbonyl (C=O) groups is 2. The van der Waals surface area contributed by atoms with Crippen LogP contribution in [0.1, 0.15) is 44.2 Å². The van der Waals surface area contributed by atoms with Crippen LogP contribution in [0.3, 0.4) is 0 Å². The van der Waals surface area contributed by atoms with Crippen molar-refractivity contribution in [3.05, 3.63) is 35.9 Å². The van der Waals surface area contributed by atoms with Crippen molar-refractivity contribution in [2.24, 2.45) is 11.7 Å². The Bertz CT molecular complexity index is 530. The van der Waals surface area contributed by atoms with E-state index in [0.29, 0.717) is 12.8 Å². The standard InChI is InChI=1S/C17H24N2O3.ClH/c1-12(14(18)13-8-4-3-5-9-13)15(20)19-17(16(21)22-2)10-6-7-11-17;/h3-5,8-9,12,14H,6-7,10-11,18H2,1-2H3,(H,19,20);1H. The highest BCUT2D eigenvalue weighted by Gasteiger charge is 2.44. The largest absolute Gasteiger partial charge is 0.467 e. The minimum Gasteiger partial charge on any atom is -0.467 e. The Labute approximate surface area is 143 Å². The molecule has 0 aliphatic heterocycles. The van der Waals surface area contributed by atoms with E-state index in [1.807, 2.05) is 30.3 Å². The summed E-state index contributed by atoms with van der Waals surface area (Å²) in [6.07, 6.45) is 3.07. The van der Waals surface area contributed by atoms with E-state index in [1.54, 1.807) is 6.92 Å². The number of nitrogens with two attached hydrogens (primary N) is 1. The number of carbonyl (C=O) groups excluding carboxylic acids is 2. The average molecular weight is 341 g/mol. The van der Waals surface area contributed by atoms with Gasteiger partial charge in [-0.25, -0.2) is 4.79 Å². The zero-order valence-corrected chi connectivity index (χ0v) is 14.4. The molecule has 2 atom stereocenters. The Morgan fingerprint density at radius 3 is 2.30 bits per heavy atom. The van der Waals surface area contributed by atoms with E-state index >= 15 is 0 Å². The Kier molecular flexibility index (Phi) is 7.03. The number of hydrogen-bond donors (Lipinski definition) is 2. The fourth-order valence-corrected chi connectivity index (χ4v) is 3.03. The molecule has 1 aliphatic rings. The van der Waals surface area contributed by atoms with Gasteiger partial charge < -0.3 is 15.8 Å². The van der Waals surface area contributed by atoms with E-state index in [9.17, 15) is 9.59 Å². The van der Waals surface area contributed by atoms with Gasteiger partial charge in [-0.1, -0.05) is 50.1 Å². The number of halogens is 1. The molecule has 128 valence electrons. The summed E-state index contributed by atoms with van der Waals surface area (Å²) in [7, 11) is 1.35. The van der Waals surface area contributed by atoms with Crippen molar-refractivity contribution in [1.82, 2.24) is 5.32 Å². The van der Waals surface area contributed by atoms with Crippen LogP contribution >= 0.6 is 12.4 Å². The second-order valence-corrected chi connectivity index (χ2v) is 6.00. The molecule has 3 N–H and O–H groups in total. The first-order valence-electron chi connectivity index (χ1n) is 7.71. The van der Waals surface area contributed by atoms with Gasteiger partial charge in [-0.3, -0.25) is 4.79 Å². The summed E-state index contributed by atoms with van der Waals surface area (Å²) in [6, 6.07) is 9.10. The van der Waals surface area contributed by atoms with E-state index < -0.39 is 17.5 Å². The number of nitrogens with one attached hydrogen (secondary N) is 1. The molecule has 1 amide bonds. The SMILES string of the molecule is COC(=O)C1(NC(=O)C(C)C(N)c2ccccc2)CCCC1.Cl. The van der Waals surface area contributed by atoms with Gasteiger partial charge in [0.15, 0.2) is 0 Å². The smallest absolute Gasteiger partial charge is 0.331 e. The van der Waals surface area contributed by atoms with Gasteiger partial charge >= 0.3 is 5.97 Å². The second-order valence-electron chi connectivity index (χ2n) is 6.00. The molecule has 2 rings (SSSR count). The molecule has 1 aromatic carbocycles. The second kappa shape index (κ2) is 8.31. The molecule has 2 unspecified atom stereocenters. The van der Waals surface area contributed by atoms with Crippen LogP contribution in [0.4, 0.5) is 0 Å². The van der Waals surface area contributed by atoms with Crippen LogP contribution in [0.25, 0.3) is 0 Å². The van der Waals surface area contributed by atoms with Crippen molar-refractivity contribution in [2.75, 3.05) is 7.11 Å². The predicted octanol–water partition coefficient (Wildman–Crippen LogP) is 2.35. The Morgan fingerprint density at radius 2 is 1.78 bits per heavy atom. The van der Waals surface area contributed by atoms with Crippen molar-refractivity contribution < 1.29 is 14.3 Å². The lowest BCUT2D eigenvalue weighted by molar-refractivity contribution is -0.151. The van der Waals surface area contributed by atoms with Gasteiger partial charge in [-0.05, 0) is 18.4 Å². The number of ether oxygens (including phenoxy) is 1. The first kappa shape index (κ1) is 19.5. The number of amides is 1. The molecule has 1 aliphatic carbocycles. The molecule has 1 aromatic rings. The van der Waals surface area contributed by atoms with Gasteiger partial charge in [0.25, 0.3) is 0 Å². The molecule has 0 saturated heterocycles. The lowest BCUT2D eigenvalue weighted by Gasteiger charge is -2.30. The van der Waals surface area contributed by atoms with Gasteiger partial charge in [0.05, 0.1) is 13.0 Å². The fraction of sp³-hybridized carbons (Fsp3) is 0.529. The lowest BCUT2D eigenvalue weighted by atomic mass is 9.91. The summed E-state index contributed by atoms with van der Waals surface area (Å²) in [5.41, 5.74) is 6.22. The van der Waals surface area contributed by atoms with Crippen LogP contribution in [-0.4, -0.2) is 24.5 Å². The molecular formula is C17H25ClN2O3. The molecule has 23 heavy (non-hydrogen) atoms. The van der Waals surface area contributed by atoms with E-state index in [1.165, 1.54) is 7.11 Å². The Morgan fingerprint density at radius 1 is 1.22 bits per heavy atom. The van der Waals surface area contributed by atoms with Crippen LogP contribution < -0.4 is 11.1 Å². The quantitative estimate of drug-likeness (QED) is 0.806. The zero-order chi connectivity index (χ0) is 16.2. The van der Waals surface area contributed by atoms with Crippen molar-refractivity contribution >= 4 is 24.3 Å². The highest BCUT2D eigenvalue weighted by atomic mass is 35.5. The maximum atomic E-state index is 12.5. The highest BCUT2D eigenvalue weighted by molar-refractivity contribution is 5.89. The highest BCUT2D eigenvalue weighted by Crippen LogP contribution is 2.32. The topological polar surface area (TPSA) is 81.4 Å². The minimum absolute atomic E-state index is 0. The Hall–Kier alpha value is -1.59. The number of rotatable bonds is 5. The van der Waals surface area contributed by atoms with Gasteiger partial charge in [0, 0.05) is 6.04 Å². The summed E-state index contributed by atoms with van der Waals surface area (Å²) in [5, 5.41) is 2.90. The van der Waals surface area contributed by atoms with Crippen molar-refractivity contribution in [3.63, 3.8) is 0 Å². The fourth-order valence-electron chi connectivity index (χ4n) is 3.03. The van der Waals surface area contributed by atoms with E-state index in [4.69, 9.17) is 10.5 Å². The summed E-state index contributed by atoms with van der Waals surface area (Å²) in [6.45, 7) is 1.78. The van der Waals surface area contributed by atoms with E-state index in [-0.39, 0.29) is 24.3 Å². The third kappa shape index (κ3) is 4.24. The van der Waals surface area contributed by atoms with Crippen molar-refractivity contribution in [1.29, 1.82) is 0 Å². The van der Waals surface area contributed by atoms with Gasteiger partial charge in [-0.15, -0.1) is 12.4 Å². The first-order chi connectivity index (χ1) is 10.5. The number of esters is 1. The molecule has 1 saturated carbocycles. The van der Waals surface area contributed by atoms with Gasteiger partial charge in [0.1, 0.15) is 5.54 Å². The summed E-state index contributed by atoms with van der Waals surface area (Å²) in [4.78, 5) is 24.6. The first-order valence-corrected chi connectivity index (χ1v) is 7.71. The van der Waals surface area contributed by atoms with Crippen LogP contribution in [0.15, 0.2) is 30.3 Å². The third-order valence-corrected chi connectivity index (χ3v) is 4.53. The maximum Gasteiger partial charge on any atom is 0.331 e. The number of methoxy groups -OCH3 is 1. The third-order valence-electron chi connectivity index (χ3n) is 4.53. The minimum atomic E-state index is -0.878. The lowest BCUT2D eigenvalue weighted by Crippen LogP contribution is -2.55. The molecule has 6 heteroatoms. The molecule has 0 aromatic heterocycles. The van der Waals surface area contributed by atoms with Crippen LogP contribution in [-0.2, 0) is 14.3 Å². The van der Waals surface area contributed by atoms with Gasteiger partial charge in [0.2, 0.25) is 5.91 Å². The van der Waals surface area contributed by atoms with Crippen LogP contribution in [0.5, 0.6) is 0 Å². The monoisotopic (exact) mass is 340 g/mol. The van der Waals surface area contributed by atoms with E-state index in [2.05, 4.69) is 5.32 Å². The molecule has 0 bridgehead atoms. The summed E-state index contributed by atoms with van der Waals surface area (Å²) in [5.74, 6) is -0.994. The normalized spacial score (nSPS) is 18.4. The van der Waals surface area contributed by atoms with Crippen LogP contribution in [0, 0.1) is 5.92 Å². The molecule has 0 heterocycles. The van der Waals surface area contributed by atoms with Crippen molar-refractivity contribution in [3.8, 4) is 0 Å². The predicted molar refractivity (Wildman–Crippen MR) is 91.1 cm³/mol. The van der Waals surface area contributed by atoms with E-state index in [0.717, 1.165) is 18.4 Å². The van der Waals surface area contributed by atoms with Crippen molar-refractivity contribution in [2.45, 2.75) is 44.2 Å². The molecule has 1 fully saturated rings.